The van der Waals surface area contributed by atoms with Crippen molar-refractivity contribution in [3.63, 3.8) is 0 Å². The molecular formula is C24H25N5O2. The van der Waals surface area contributed by atoms with E-state index >= 15 is 0 Å². The van der Waals surface area contributed by atoms with Crippen molar-refractivity contribution < 1.29 is 9.90 Å². The number of nitriles is 1. The van der Waals surface area contributed by atoms with Gasteiger partial charge in [0, 0.05) is 24.2 Å². The fourth-order valence-electron chi connectivity index (χ4n) is 4.10. The highest BCUT2D eigenvalue weighted by Gasteiger charge is 2.51. The Bertz CT molecular complexity index is 1070. The molecule has 0 radical (unpaired) electrons. The number of benzene rings is 2. The molecule has 1 saturated heterocycles. The number of aliphatic hydroxyl groups excluding tert-OH is 1. The van der Waals surface area contributed by atoms with Crippen LogP contribution in [0, 0.1) is 11.3 Å². The van der Waals surface area contributed by atoms with Gasteiger partial charge in [-0.1, -0.05) is 49.4 Å². The average molecular weight is 415 g/mol. The summed E-state index contributed by atoms with van der Waals surface area (Å²) >= 11 is 0. The maximum absolute atomic E-state index is 12.4. The van der Waals surface area contributed by atoms with Crippen LogP contribution in [0.4, 0.5) is 4.79 Å². The van der Waals surface area contributed by atoms with Crippen LogP contribution in [0.25, 0.3) is 16.8 Å². The number of amides is 2. The van der Waals surface area contributed by atoms with E-state index in [4.69, 9.17) is 0 Å². The van der Waals surface area contributed by atoms with Crippen molar-refractivity contribution in [3.05, 3.63) is 72.6 Å². The lowest BCUT2D eigenvalue weighted by Crippen LogP contribution is -2.67. The summed E-state index contributed by atoms with van der Waals surface area (Å²) in [6, 6.07) is 18.7. The molecule has 7 heteroatoms. The summed E-state index contributed by atoms with van der Waals surface area (Å²) in [6.07, 6.45) is 4.61. The van der Waals surface area contributed by atoms with Gasteiger partial charge in [0.25, 0.3) is 0 Å². The van der Waals surface area contributed by atoms with Crippen LogP contribution in [0.2, 0.25) is 0 Å². The number of para-hydroxylation sites is 1. The Labute approximate surface area is 181 Å². The molecule has 1 fully saturated rings. The normalized spacial score (nSPS) is 20.0. The molecule has 2 amide bonds. The number of rotatable bonds is 6. The van der Waals surface area contributed by atoms with E-state index in [1.165, 1.54) is 4.90 Å². The summed E-state index contributed by atoms with van der Waals surface area (Å²) in [7, 11) is 0. The second-order valence-corrected chi connectivity index (χ2v) is 7.62. The fraction of sp³-hybridized carbons (Fsp3) is 0.292. The van der Waals surface area contributed by atoms with Gasteiger partial charge in [-0.05, 0) is 29.7 Å². The number of hydrogen-bond acceptors (Lipinski definition) is 4. The lowest BCUT2D eigenvalue weighted by Gasteiger charge is -2.51. The van der Waals surface area contributed by atoms with E-state index in [0.717, 1.165) is 28.8 Å². The van der Waals surface area contributed by atoms with Gasteiger partial charge in [-0.15, -0.1) is 0 Å². The second kappa shape index (κ2) is 9.02. The lowest BCUT2D eigenvalue weighted by molar-refractivity contribution is 0.0169. The van der Waals surface area contributed by atoms with Crippen molar-refractivity contribution in [2.24, 2.45) is 0 Å². The molecule has 2 N–H and O–H groups in total. The summed E-state index contributed by atoms with van der Waals surface area (Å²) in [4.78, 5) is 13.9. The number of likely N-dealkylation sites (tertiary alicyclic amines) is 1. The summed E-state index contributed by atoms with van der Waals surface area (Å²) < 4.78 is 1.83. The molecule has 31 heavy (non-hydrogen) atoms. The van der Waals surface area contributed by atoms with Gasteiger partial charge < -0.3 is 15.3 Å². The van der Waals surface area contributed by atoms with Crippen molar-refractivity contribution in [2.45, 2.75) is 31.3 Å². The number of carbonyl (C=O) groups excluding carboxylic acids is 1. The van der Waals surface area contributed by atoms with Gasteiger partial charge in [-0.2, -0.15) is 10.4 Å². The zero-order valence-electron chi connectivity index (χ0n) is 17.3. The number of nitrogens with one attached hydrogen (secondary N) is 1. The first-order valence-electron chi connectivity index (χ1n) is 10.4. The van der Waals surface area contributed by atoms with Crippen molar-refractivity contribution in [3.8, 4) is 22.9 Å². The Morgan fingerprint density at radius 1 is 1.16 bits per heavy atom. The predicted molar refractivity (Wildman–Crippen MR) is 118 cm³/mol. The van der Waals surface area contributed by atoms with Crippen molar-refractivity contribution in [1.82, 2.24) is 20.0 Å². The van der Waals surface area contributed by atoms with Gasteiger partial charge in [0.05, 0.1) is 30.6 Å². The monoisotopic (exact) mass is 415 g/mol. The number of hydrogen-bond donors (Lipinski definition) is 2. The largest absolute Gasteiger partial charge is 0.394 e. The van der Waals surface area contributed by atoms with Crippen molar-refractivity contribution in [1.29, 1.82) is 5.26 Å². The molecule has 0 aliphatic carbocycles. The Morgan fingerprint density at radius 3 is 2.55 bits per heavy atom. The molecule has 3 aromatic rings. The Kier molecular flexibility index (Phi) is 6.01. The van der Waals surface area contributed by atoms with E-state index in [2.05, 4.69) is 16.5 Å². The van der Waals surface area contributed by atoms with Gasteiger partial charge >= 0.3 is 6.03 Å². The maximum Gasteiger partial charge on any atom is 0.318 e. The molecule has 3 atom stereocenters. The predicted octanol–water partition coefficient (Wildman–Crippen LogP) is 3.31. The average Bonchev–Trinajstić information content (AvgIpc) is 3.29. The van der Waals surface area contributed by atoms with Crippen LogP contribution in [0.5, 0.6) is 0 Å². The quantitative estimate of drug-likeness (QED) is 0.646. The number of nitrogens with zero attached hydrogens (tertiary/aromatic N) is 4. The molecule has 2 heterocycles. The molecule has 0 saturated carbocycles. The molecule has 0 bridgehead atoms. The van der Waals surface area contributed by atoms with Gasteiger partial charge in [0.2, 0.25) is 0 Å². The van der Waals surface area contributed by atoms with E-state index in [1.54, 1.807) is 0 Å². The molecule has 158 valence electrons. The lowest BCUT2D eigenvalue weighted by atomic mass is 9.76. The van der Waals surface area contributed by atoms with Crippen LogP contribution >= 0.6 is 0 Å². The van der Waals surface area contributed by atoms with Gasteiger partial charge in [-0.25, -0.2) is 9.48 Å². The Morgan fingerprint density at radius 2 is 1.90 bits per heavy atom. The highest BCUT2D eigenvalue weighted by Crippen LogP contribution is 2.40. The summed E-state index contributed by atoms with van der Waals surface area (Å²) in [5, 5.41) is 26.8. The molecule has 7 nitrogen and oxygen atoms in total. The summed E-state index contributed by atoms with van der Waals surface area (Å²) in [5.41, 5.74) is 3.92. The minimum atomic E-state index is -0.597. The van der Waals surface area contributed by atoms with Crippen LogP contribution in [0.1, 0.15) is 24.8 Å². The Balaban J connectivity index is 1.52. The van der Waals surface area contributed by atoms with Crippen LogP contribution in [-0.2, 0) is 0 Å². The number of urea groups is 1. The smallest absolute Gasteiger partial charge is 0.318 e. The SMILES string of the molecule is CCCNC(=O)N1[C@H](C#N)[C@H](c2ccc(-c3cnn(-c4ccccc4)c3)cc2)[C@H]1CO. The van der Waals surface area contributed by atoms with E-state index in [-0.39, 0.29) is 18.6 Å². The fourth-order valence-corrected chi connectivity index (χ4v) is 4.10. The van der Waals surface area contributed by atoms with Gasteiger partial charge in [0.1, 0.15) is 6.04 Å². The minimum Gasteiger partial charge on any atom is -0.394 e. The molecule has 0 unspecified atom stereocenters. The van der Waals surface area contributed by atoms with Crippen molar-refractivity contribution >= 4 is 6.03 Å². The third-order valence-corrected chi connectivity index (χ3v) is 5.72. The highest BCUT2D eigenvalue weighted by atomic mass is 16.3. The zero-order chi connectivity index (χ0) is 21.8. The Hall–Kier alpha value is -3.63. The van der Waals surface area contributed by atoms with Crippen LogP contribution in [0.3, 0.4) is 0 Å². The molecule has 4 rings (SSSR count). The first-order chi connectivity index (χ1) is 15.2. The zero-order valence-corrected chi connectivity index (χ0v) is 17.3. The number of carbonyl (C=O) groups is 1. The molecule has 1 aliphatic heterocycles. The standard InChI is InChI=1S/C24H25N5O2/c1-2-12-26-24(31)29-21(13-25)23(22(29)16-30)18-10-8-17(9-11-18)19-14-27-28(15-19)20-6-4-3-5-7-20/h3-11,14-15,21-23,30H,2,12,16H2,1H3,(H,26,31)/t21-,22-,23+/m1/s1. The van der Waals surface area contributed by atoms with Crippen molar-refractivity contribution in [2.75, 3.05) is 13.2 Å². The van der Waals surface area contributed by atoms with E-state index in [0.29, 0.717) is 6.54 Å². The first-order valence-corrected chi connectivity index (χ1v) is 10.4. The van der Waals surface area contributed by atoms with Crippen LogP contribution in [-0.4, -0.2) is 51.1 Å². The number of aromatic nitrogens is 2. The third-order valence-electron chi connectivity index (χ3n) is 5.72. The molecule has 2 aromatic carbocycles. The number of aliphatic hydroxyl groups is 1. The van der Waals surface area contributed by atoms with Crippen LogP contribution in [0.15, 0.2) is 67.0 Å². The molecule has 1 aromatic heterocycles. The molecule has 1 aliphatic rings. The van der Waals surface area contributed by atoms with Gasteiger partial charge in [0.15, 0.2) is 0 Å². The minimum absolute atomic E-state index is 0.187. The van der Waals surface area contributed by atoms with E-state index in [9.17, 15) is 15.2 Å². The van der Waals surface area contributed by atoms with E-state index < -0.39 is 12.1 Å². The highest BCUT2D eigenvalue weighted by molar-refractivity contribution is 5.77. The van der Waals surface area contributed by atoms with E-state index in [1.807, 2.05) is 78.6 Å². The third kappa shape index (κ3) is 3.90. The maximum atomic E-state index is 12.4. The first kappa shape index (κ1) is 20.6. The van der Waals surface area contributed by atoms with Gasteiger partial charge in [-0.3, -0.25) is 0 Å². The summed E-state index contributed by atoms with van der Waals surface area (Å²) in [5.74, 6) is -0.219. The van der Waals surface area contributed by atoms with Crippen LogP contribution < -0.4 is 5.32 Å². The summed E-state index contributed by atoms with van der Waals surface area (Å²) in [6.45, 7) is 2.32. The topological polar surface area (TPSA) is 94.2 Å². The molecule has 0 spiro atoms. The second-order valence-electron chi connectivity index (χ2n) is 7.62. The molecular weight excluding hydrogens is 390 g/mol.